The molecular weight excluding hydrogens is 477 g/mol. The van der Waals surface area contributed by atoms with Gasteiger partial charge in [-0.3, -0.25) is 0 Å². The normalized spacial score (nSPS) is 10.5. The third kappa shape index (κ3) is 3.69. The molecule has 0 fully saturated rings. The van der Waals surface area contributed by atoms with Crippen LogP contribution < -0.4 is 15.6 Å². The molecule has 123 valence electrons. The van der Waals surface area contributed by atoms with Crippen LogP contribution in [0.3, 0.4) is 0 Å². The van der Waals surface area contributed by atoms with E-state index in [0.29, 0.717) is 30.2 Å². The number of halogens is 1. The summed E-state index contributed by atoms with van der Waals surface area (Å²) in [6.07, 6.45) is 0. The molecule has 0 unspecified atom stereocenters. The van der Waals surface area contributed by atoms with Gasteiger partial charge in [-0.1, -0.05) is 6.07 Å². The molecule has 5 nitrogen and oxygen atoms in total. The number of anilines is 1. The summed E-state index contributed by atoms with van der Waals surface area (Å²) < 4.78 is 24.3. The van der Waals surface area contributed by atoms with Crippen molar-refractivity contribution in [2.45, 2.75) is 0 Å². The molecule has 0 aliphatic rings. The molecule has 0 aliphatic carbocycles. The van der Waals surface area contributed by atoms with Crippen LogP contribution in [-0.4, -0.2) is 25.4 Å². The molecule has 2 aromatic carbocycles. The number of nitrogens with zero attached hydrogens (tertiary/aromatic N) is 2. The van der Waals surface area contributed by atoms with Crippen LogP contribution in [0.15, 0.2) is 36.4 Å². The smallest absolute Gasteiger partial charge is 0.165 e. The average molecular weight is 493 g/mol. The first-order valence-corrected chi connectivity index (χ1v) is 6.79. The van der Waals surface area contributed by atoms with Gasteiger partial charge < -0.3 is 25.4 Å². The van der Waals surface area contributed by atoms with Crippen molar-refractivity contribution >= 4 is 16.6 Å². The Balaban J connectivity index is 0.00000192. The fraction of sp³-hybridized carbons (Fsp3) is 0.188. The van der Waals surface area contributed by atoms with E-state index < -0.39 is 5.82 Å². The maximum absolute atomic E-state index is 14.1. The molecular formula is C16H15FIrN3O2-. The largest absolute Gasteiger partial charge is 0.574 e. The second-order valence-electron chi connectivity index (χ2n) is 4.81. The van der Waals surface area contributed by atoms with Crippen molar-refractivity contribution in [3.8, 4) is 17.0 Å². The van der Waals surface area contributed by atoms with Gasteiger partial charge in [0.25, 0.3) is 0 Å². The molecule has 0 saturated heterocycles. The third-order valence-electron chi connectivity index (χ3n) is 3.28. The van der Waals surface area contributed by atoms with Crippen LogP contribution in [0.5, 0.6) is 5.75 Å². The average Bonchev–Trinajstić information content (AvgIpc) is 2.92. The SMILES string of the molecule is COCCOc1ccc(-c2n[n-]c3ccc(N)cc23)cc1F.[Ir]. The van der Waals surface area contributed by atoms with Gasteiger partial charge in [-0.15, -0.1) is 5.52 Å². The van der Waals surface area contributed by atoms with Gasteiger partial charge in [0, 0.05) is 38.5 Å². The number of benzene rings is 2. The molecule has 1 aromatic heterocycles. The Labute approximate surface area is 146 Å². The maximum Gasteiger partial charge on any atom is 0.165 e. The van der Waals surface area contributed by atoms with Crippen LogP contribution in [-0.2, 0) is 24.8 Å². The molecule has 23 heavy (non-hydrogen) atoms. The first-order chi connectivity index (χ1) is 10.7. The minimum absolute atomic E-state index is 0. The van der Waals surface area contributed by atoms with Crippen molar-refractivity contribution in [1.29, 1.82) is 0 Å². The molecule has 3 aromatic rings. The van der Waals surface area contributed by atoms with E-state index in [-0.39, 0.29) is 25.9 Å². The Morgan fingerprint density at radius 1 is 1.17 bits per heavy atom. The monoisotopic (exact) mass is 493 g/mol. The van der Waals surface area contributed by atoms with E-state index in [4.69, 9.17) is 15.2 Å². The zero-order valence-electron chi connectivity index (χ0n) is 12.4. The van der Waals surface area contributed by atoms with E-state index in [0.717, 1.165) is 10.9 Å². The maximum atomic E-state index is 14.1. The number of aromatic nitrogens is 2. The Morgan fingerprint density at radius 3 is 2.74 bits per heavy atom. The molecule has 0 saturated carbocycles. The number of hydrogen-bond acceptors (Lipinski definition) is 4. The summed E-state index contributed by atoms with van der Waals surface area (Å²) >= 11 is 0. The van der Waals surface area contributed by atoms with Crippen molar-refractivity contribution in [1.82, 2.24) is 10.2 Å². The topological polar surface area (TPSA) is 71.5 Å². The number of fused-ring (bicyclic) bond motifs is 1. The van der Waals surface area contributed by atoms with Gasteiger partial charge in [0.15, 0.2) is 11.6 Å². The number of ether oxygens (including phenoxy) is 2. The van der Waals surface area contributed by atoms with Gasteiger partial charge in [0.1, 0.15) is 6.61 Å². The molecule has 0 atom stereocenters. The Morgan fingerprint density at radius 2 is 2.00 bits per heavy atom. The summed E-state index contributed by atoms with van der Waals surface area (Å²) in [5.41, 5.74) is 8.36. The minimum Gasteiger partial charge on any atom is -0.574 e. The molecule has 2 N–H and O–H groups in total. The summed E-state index contributed by atoms with van der Waals surface area (Å²) in [6.45, 7) is 0.696. The van der Waals surface area contributed by atoms with Crippen molar-refractivity contribution in [3.63, 3.8) is 0 Å². The van der Waals surface area contributed by atoms with E-state index in [1.54, 1.807) is 37.4 Å². The number of hydrogen-bond donors (Lipinski definition) is 1. The van der Waals surface area contributed by atoms with Crippen molar-refractivity contribution < 1.29 is 34.0 Å². The van der Waals surface area contributed by atoms with Gasteiger partial charge in [-0.2, -0.15) is 0 Å². The number of rotatable bonds is 5. The van der Waals surface area contributed by atoms with Gasteiger partial charge >= 0.3 is 0 Å². The van der Waals surface area contributed by atoms with Crippen LogP contribution >= 0.6 is 0 Å². The van der Waals surface area contributed by atoms with E-state index in [9.17, 15) is 4.39 Å². The van der Waals surface area contributed by atoms with Crippen LogP contribution in [0, 0.1) is 5.82 Å². The van der Waals surface area contributed by atoms with Crippen LogP contribution in [0.2, 0.25) is 0 Å². The molecule has 7 heteroatoms. The predicted molar refractivity (Wildman–Crippen MR) is 82.2 cm³/mol. The molecule has 1 heterocycles. The van der Waals surface area contributed by atoms with Crippen LogP contribution in [0.25, 0.3) is 22.2 Å². The van der Waals surface area contributed by atoms with Gasteiger partial charge in [0.2, 0.25) is 0 Å². The van der Waals surface area contributed by atoms with Crippen LogP contribution in [0.1, 0.15) is 0 Å². The van der Waals surface area contributed by atoms with E-state index in [1.807, 2.05) is 0 Å². The zero-order chi connectivity index (χ0) is 15.5. The van der Waals surface area contributed by atoms with Crippen LogP contribution in [0.4, 0.5) is 10.1 Å². The molecule has 0 spiro atoms. The van der Waals surface area contributed by atoms with Crippen molar-refractivity contribution in [3.05, 3.63) is 42.2 Å². The second-order valence-corrected chi connectivity index (χ2v) is 4.81. The molecule has 1 radical (unpaired) electrons. The third-order valence-corrected chi connectivity index (χ3v) is 3.28. The Hall–Kier alpha value is -1.95. The summed E-state index contributed by atoms with van der Waals surface area (Å²) in [4.78, 5) is 0. The number of methoxy groups -OCH3 is 1. The second kappa shape index (κ2) is 7.55. The molecule has 0 aliphatic heterocycles. The predicted octanol–water partition coefficient (Wildman–Crippen LogP) is 2.60. The van der Waals surface area contributed by atoms with Gasteiger partial charge in [-0.05, 0) is 35.7 Å². The van der Waals surface area contributed by atoms with Gasteiger partial charge in [0.05, 0.1) is 12.3 Å². The van der Waals surface area contributed by atoms with Gasteiger partial charge in [-0.25, -0.2) is 4.39 Å². The molecule has 0 amide bonds. The summed E-state index contributed by atoms with van der Waals surface area (Å²) in [5, 5.41) is 8.99. The fourth-order valence-corrected chi connectivity index (χ4v) is 2.20. The number of nitrogens with two attached hydrogens (primary N) is 1. The van der Waals surface area contributed by atoms with E-state index in [2.05, 4.69) is 10.2 Å². The summed E-state index contributed by atoms with van der Waals surface area (Å²) in [6, 6.07) is 10.0. The summed E-state index contributed by atoms with van der Waals surface area (Å²) in [7, 11) is 1.56. The first kappa shape index (κ1) is 17.4. The Kier molecular flexibility index (Phi) is 5.71. The van der Waals surface area contributed by atoms with E-state index in [1.165, 1.54) is 6.07 Å². The number of nitrogen functional groups attached to an aromatic ring is 1. The van der Waals surface area contributed by atoms with E-state index >= 15 is 0 Å². The fourth-order valence-electron chi connectivity index (χ4n) is 2.20. The minimum atomic E-state index is -0.450. The summed E-state index contributed by atoms with van der Waals surface area (Å²) in [5.74, 6) is -0.266. The quantitative estimate of drug-likeness (QED) is 0.438. The standard InChI is InChI=1S/C16H15FN3O2.Ir/c1-21-6-7-22-15-5-2-10(8-13(15)17)16-12-9-11(18)3-4-14(12)19-20-16;/h2-5,8-9H,6-7,18H2,1H3;/q-1;. The van der Waals surface area contributed by atoms with Crippen molar-refractivity contribution in [2.24, 2.45) is 0 Å². The Bertz CT molecular complexity index is 807. The molecule has 3 rings (SSSR count). The first-order valence-electron chi connectivity index (χ1n) is 6.79. The zero-order valence-corrected chi connectivity index (χ0v) is 14.8. The molecule has 0 bridgehead atoms. The van der Waals surface area contributed by atoms with Crippen molar-refractivity contribution in [2.75, 3.05) is 26.1 Å².